The van der Waals surface area contributed by atoms with Gasteiger partial charge in [-0.1, -0.05) is 34.8 Å². The highest BCUT2D eigenvalue weighted by molar-refractivity contribution is 6.77. The number of hydrogen-bond acceptors (Lipinski definition) is 3. The van der Waals surface area contributed by atoms with Crippen LogP contribution in [0.4, 0.5) is 0 Å². The Morgan fingerprint density at radius 3 is 2.20 bits per heavy atom. The highest BCUT2D eigenvalue weighted by Gasteiger charge is 2.28. The van der Waals surface area contributed by atoms with Gasteiger partial charge in [0.1, 0.15) is 0 Å². The number of carbonyl (C=O) groups excluding carboxylic acids is 1. The summed E-state index contributed by atoms with van der Waals surface area (Å²) in [4.78, 5) is 15.5. The van der Waals surface area contributed by atoms with E-state index in [0.29, 0.717) is 0 Å². The third-order valence-electron chi connectivity index (χ3n) is 2.25. The lowest BCUT2D eigenvalue weighted by Gasteiger charge is -2.31. The molecule has 0 unspecified atom stereocenters. The number of rotatable bonds is 2. The molecule has 0 saturated carbocycles. The van der Waals surface area contributed by atoms with Gasteiger partial charge in [-0.05, 0) is 7.05 Å². The van der Waals surface area contributed by atoms with Crippen molar-refractivity contribution in [2.75, 3.05) is 33.2 Å². The lowest BCUT2D eigenvalue weighted by atomic mass is 10.3. The molecule has 0 aromatic heterocycles. The Hall–Kier alpha value is 0.0400. The molecule has 1 rings (SSSR count). The number of nitrogens with zero attached hydrogens (tertiary/aromatic N) is 2. The summed E-state index contributed by atoms with van der Waals surface area (Å²) in [5.41, 5.74) is 0. The molecule has 0 aromatic carbocycles. The molecule has 1 saturated heterocycles. The van der Waals surface area contributed by atoms with Crippen molar-refractivity contribution >= 4 is 40.6 Å². The minimum Gasteiger partial charge on any atom is -0.375 e. The van der Waals surface area contributed by atoms with Gasteiger partial charge < -0.3 is 9.80 Å². The zero-order valence-corrected chi connectivity index (χ0v) is 10.7. The van der Waals surface area contributed by atoms with E-state index in [1.54, 1.807) is 6.20 Å². The van der Waals surface area contributed by atoms with Crippen molar-refractivity contribution in [3.05, 3.63) is 12.3 Å². The van der Waals surface area contributed by atoms with Crippen LogP contribution >= 0.6 is 34.8 Å². The van der Waals surface area contributed by atoms with Crippen molar-refractivity contribution in [2.24, 2.45) is 0 Å². The lowest BCUT2D eigenvalue weighted by molar-refractivity contribution is -0.113. The lowest BCUT2D eigenvalue weighted by Crippen LogP contribution is -2.41. The van der Waals surface area contributed by atoms with Crippen LogP contribution in [0.15, 0.2) is 12.3 Å². The van der Waals surface area contributed by atoms with Crippen molar-refractivity contribution in [3.8, 4) is 0 Å². The number of alkyl halides is 3. The van der Waals surface area contributed by atoms with Crippen molar-refractivity contribution in [1.82, 2.24) is 9.80 Å². The fourth-order valence-corrected chi connectivity index (χ4v) is 1.43. The normalized spacial score (nSPS) is 19.9. The average molecular weight is 272 g/mol. The molecule has 86 valence electrons. The van der Waals surface area contributed by atoms with E-state index in [-0.39, 0.29) is 0 Å². The van der Waals surface area contributed by atoms with E-state index in [2.05, 4.69) is 11.9 Å². The van der Waals surface area contributed by atoms with Crippen LogP contribution in [0.3, 0.4) is 0 Å². The van der Waals surface area contributed by atoms with E-state index in [9.17, 15) is 4.79 Å². The molecule has 1 heterocycles. The van der Waals surface area contributed by atoms with Crippen LogP contribution in [-0.4, -0.2) is 52.6 Å². The van der Waals surface area contributed by atoms with Gasteiger partial charge in [-0.3, -0.25) is 4.79 Å². The van der Waals surface area contributed by atoms with Crippen molar-refractivity contribution in [2.45, 2.75) is 3.79 Å². The molecule has 0 aliphatic carbocycles. The first-order chi connectivity index (χ1) is 6.89. The van der Waals surface area contributed by atoms with Crippen LogP contribution in [0.2, 0.25) is 0 Å². The molecule has 1 aliphatic rings. The Morgan fingerprint density at radius 2 is 1.73 bits per heavy atom. The molecule has 0 atom stereocenters. The number of hydrogen-bond donors (Lipinski definition) is 0. The smallest absolute Gasteiger partial charge is 0.252 e. The fourth-order valence-electron chi connectivity index (χ4n) is 1.24. The molecule has 15 heavy (non-hydrogen) atoms. The number of likely N-dealkylation sites (N-methyl/N-ethyl adjacent to an activating group) is 1. The highest BCUT2D eigenvalue weighted by atomic mass is 35.6. The summed E-state index contributed by atoms with van der Waals surface area (Å²) in [6.07, 6.45) is 3.01. The number of piperazine rings is 1. The third-order valence-corrected chi connectivity index (χ3v) is 2.81. The predicted octanol–water partition coefficient (Wildman–Crippen LogP) is 1.69. The standard InChI is InChI=1S/C9H13Cl3N2O/c1-13-4-6-14(7-5-13)3-2-8(15)9(10,11)12/h2-3H,4-7H2,1H3. The van der Waals surface area contributed by atoms with Gasteiger partial charge in [-0.25, -0.2) is 0 Å². The van der Waals surface area contributed by atoms with E-state index in [4.69, 9.17) is 34.8 Å². The van der Waals surface area contributed by atoms with Gasteiger partial charge in [0.05, 0.1) is 0 Å². The van der Waals surface area contributed by atoms with Crippen molar-refractivity contribution in [3.63, 3.8) is 0 Å². The Morgan fingerprint density at radius 1 is 1.20 bits per heavy atom. The molecule has 0 aromatic rings. The van der Waals surface area contributed by atoms with Gasteiger partial charge >= 0.3 is 0 Å². The zero-order valence-electron chi connectivity index (χ0n) is 8.42. The summed E-state index contributed by atoms with van der Waals surface area (Å²) in [6, 6.07) is 0. The van der Waals surface area contributed by atoms with E-state index in [0.717, 1.165) is 26.2 Å². The van der Waals surface area contributed by atoms with Gasteiger partial charge in [0.2, 0.25) is 5.78 Å². The van der Waals surface area contributed by atoms with Gasteiger partial charge in [0, 0.05) is 38.5 Å². The predicted molar refractivity (Wildman–Crippen MR) is 63.5 cm³/mol. The molecule has 0 radical (unpaired) electrons. The Labute approximate surface area is 105 Å². The molecule has 6 heteroatoms. The molecule has 0 spiro atoms. The maximum absolute atomic E-state index is 11.3. The first kappa shape index (κ1) is 13.1. The van der Waals surface area contributed by atoms with Crippen molar-refractivity contribution < 1.29 is 4.79 Å². The molecule has 3 nitrogen and oxygen atoms in total. The minimum absolute atomic E-state index is 0.508. The zero-order chi connectivity index (χ0) is 11.5. The van der Waals surface area contributed by atoms with Crippen molar-refractivity contribution in [1.29, 1.82) is 0 Å². The summed E-state index contributed by atoms with van der Waals surface area (Å²) in [5, 5.41) is 0. The van der Waals surface area contributed by atoms with Crippen LogP contribution in [0.1, 0.15) is 0 Å². The van der Waals surface area contributed by atoms with Crippen LogP contribution in [-0.2, 0) is 4.79 Å². The Balaban J connectivity index is 2.42. The van der Waals surface area contributed by atoms with Crippen LogP contribution in [0.25, 0.3) is 0 Å². The molecule has 1 fully saturated rings. The Bertz CT molecular complexity index is 255. The maximum atomic E-state index is 11.3. The van der Waals surface area contributed by atoms with Gasteiger partial charge in [-0.15, -0.1) is 0 Å². The molecular formula is C9H13Cl3N2O. The monoisotopic (exact) mass is 270 g/mol. The fraction of sp³-hybridized carbons (Fsp3) is 0.667. The summed E-state index contributed by atoms with van der Waals surface area (Å²) in [7, 11) is 2.06. The molecule has 0 N–H and O–H groups in total. The van der Waals surface area contributed by atoms with Gasteiger partial charge in [-0.2, -0.15) is 0 Å². The largest absolute Gasteiger partial charge is 0.375 e. The SMILES string of the molecule is CN1CCN(C=CC(=O)C(Cl)(Cl)Cl)CC1. The van der Waals surface area contributed by atoms with E-state index in [1.807, 2.05) is 4.90 Å². The quantitative estimate of drug-likeness (QED) is 0.564. The second-order valence-corrected chi connectivity index (χ2v) is 5.80. The highest BCUT2D eigenvalue weighted by Crippen LogP contribution is 2.27. The first-order valence-electron chi connectivity index (χ1n) is 4.61. The van der Waals surface area contributed by atoms with Crippen LogP contribution < -0.4 is 0 Å². The molecule has 0 amide bonds. The first-order valence-corrected chi connectivity index (χ1v) is 5.75. The summed E-state index contributed by atoms with van der Waals surface area (Å²) in [6.45, 7) is 3.73. The van der Waals surface area contributed by atoms with Gasteiger partial charge in [0.15, 0.2) is 0 Å². The Kier molecular flexibility index (Phi) is 4.71. The van der Waals surface area contributed by atoms with Crippen LogP contribution in [0, 0.1) is 0 Å². The number of halogens is 3. The molecule has 1 aliphatic heterocycles. The average Bonchev–Trinajstić information content (AvgIpc) is 2.15. The van der Waals surface area contributed by atoms with Crippen LogP contribution in [0.5, 0.6) is 0 Å². The van der Waals surface area contributed by atoms with E-state index < -0.39 is 9.58 Å². The molecule has 0 bridgehead atoms. The topological polar surface area (TPSA) is 23.6 Å². The minimum atomic E-state index is -1.84. The summed E-state index contributed by atoms with van der Waals surface area (Å²) >= 11 is 16.3. The molecular weight excluding hydrogens is 258 g/mol. The maximum Gasteiger partial charge on any atom is 0.252 e. The number of ketones is 1. The van der Waals surface area contributed by atoms with Gasteiger partial charge in [0.25, 0.3) is 3.79 Å². The number of carbonyl (C=O) groups is 1. The second-order valence-electron chi connectivity index (χ2n) is 3.52. The summed E-state index contributed by atoms with van der Waals surface area (Å²) < 4.78 is -1.84. The van der Waals surface area contributed by atoms with E-state index in [1.165, 1.54) is 6.08 Å². The van der Waals surface area contributed by atoms with E-state index >= 15 is 0 Å². The second kappa shape index (κ2) is 5.39. The third kappa shape index (κ3) is 4.60. The number of allylic oxidation sites excluding steroid dienone is 1. The summed E-state index contributed by atoms with van der Waals surface area (Å²) in [5.74, 6) is -0.508.